The number of carbonyl (C=O) groups is 7. The second-order valence-corrected chi connectivity index (χ2v) is 12.2. The predicted octanol–water partition coefficient (Wildman–Crippen LogP) is 1.97. The van der Waals surface area contributed by atoms with Crippen molar-refractivity contribution in [3.8, 4) is 11.1 Å². The van der Waals surface area contributed by atoms with Crippen molar-refractivity contribution in [1.82, 2.24) is 10.6 Å². The standard InChI is InChI=1S/C36H42N2O15/c1-19(39)48-18-29-31(50-20(2)40)32(51-21(3)41)33(52-22(4)42)35(53-29)47-16-15-37-30(43)14-13-28(34(44)45)38-36(46)49-17-27-25-11-7-5-9-23(25)24-10-6-8-12-26(24)27/h5-12,27-29,31-33,35H,13-18H2,1-4H3,(H,37,43)(H,38,46)(H,44,45)/t28-,29+,31+,32-,33+,35+/m0/s1. The van der Waals surface area contributed by atoms with Gasteiger partial charge in [-0.05, 0) is 28.7 Å². The van der Waals surface area contributed by atoms with Gasteiger partial charge in [-0.3, -0.25) is 24.0 Å². The number of carboxylic acids is 1. The normalized spacial score (nSPS) is 20.8. The summed E-state index contributed by atoms with van der Waals surface area (Å²) in [4.78, 5) is 84.5. The summed E-state index contributed by atoms with van der Waals surface area (Å²) in [7, 11) is 0. The summed E-state index contributed by atoms with van der Waals surface area (Å²) in [6, 6.07) is 14.1. The number of fused-ring (bicyclic) bond motifs is 3. The number of ether oxygens (including phenoxy) is 7. The van der Waals surface area contributed by atoms with Crippen LogP contribution < -0.4 is 10.6 Å². The van der Waals surface area contributed by atoms with Crippen LogP contribution in [0.1, 0.15) is 57.6 Å². The van der Waals surface area contributed by atoms with E-state index in [-0.39, 0.29) is 38.5 Å². The van der Waals surface area contributed by atoms with Gasteiger partial charge in [0.1, 0.15) is 25.4 Å². The molecule has 0 radical (unpaired) electrons. The van der Waals surface area contributed by atoms with Crippen LogP contribution in [0.4, 0.5) is 4.79 Å². The second-order valence-electron chi connectivity index (χ2n) is 12.2. The number of esters is 4. The number of nitrogens with one attached hydrogen (secondary N) is 2. The first-order valence-corrected chi connectivity index (χ1v) is 16.8. The zero-order valence-corrected chi connectivity index (χ0v) is 29.6. The Morgan fingerprint density at radius 3 is 1.87 bits per heavy atom. The molecule has 1 fully saturated rings. The molecular formula is C36H42N2O15. The van der Waals surface area contributed by atoms with E-state index in [0.717, 1.165) is 49.9 Å². The Balaban J connectivity index is 1.29. The van der Waals surface area contributed by atoms with Crippen molar-refractivity contribution < 1.29 is 71.8 Å². The molecule has 0 unspecified atom stereocenters. The van der Waals surface area contributed by atoms with Crippen LogP contribution in [-0.2, 0) is 61.9 Å². The predicted molar refractivity (Wildman–Crippen MR) is 180 cm³/mol. The third kappa shape index (κ3) is 11.2. The Morgan fingerprint density at radius 1 is 0.736 bits per heavy atom. The summed E-state index contributed by atoms with van der Waals surface area (Å²) < 4.78 is 38.0. The van der Waals surface area contributed by atoms with Crippen LogP contribution in [0.2, 0.25) is 0 Å². The molecule has 0 bridgehead atoms. The number of hydrogen-bond acceptors (Lipinski definition) is 14. The first-order valence-electron chi connectivity index (χ1n) is 16.8. The maximum Gasteiger partial charge on any atom is 0.407 e. The fourth-order valence-corrected chi connectivity index (χ4v) is 6.09. The molecule has 0 saturated carbocycles. The van der Waals surface area contributed by atoms with E-state index in [2.05, 4.69) is 10.6 Å². The molecule has 4 rings (SSSR count). The summed E-state index contributed by atoms with van der Waals surface area (Å²) in [5.41, 5.74) is 4.06. The molecule has 2 aromatic carbocycles. The molecule has 1 aliphatic carbocycles. The van der Waals surface area contributed by atoms with E-state index < -0.39 is 85.2 Å². The molecule has 2 amide bonds. The third-order valence-corrected chi connectivity index (χ3v) is 8.25. The number of benzene rings is 2. The highest BCUT2D eigenvalue weighted by atomic mass is 16.7. The number of alkyl carbamates (subject to hydrolysis) is 1. The van der Waals surface area contributed by atoms with Crippen molar-refractivity contribution in [2.75, 3.05) is 26.4 Å². The van der Waals surface area contributed by atoms with Crippen molar-refractivity contribution >= 4 is 41.8 Å². The Kier molecular flexibility index (Phi) is 14.3. The molecule has 6 atom stereocenters. The van der Waals surface area contributed by atoms with E-state index in [1.54, 1.807) is 0 Å². The van der Waals surface area contributed by atoms with Crippen molar-refractivity contribution in [3.05, 3.63) is 59.7 Å². The minimum atomic E-state index is -1.44. The Hall–Kier alpha value is -5.55. The molecule has 1 saturated heterocycles. The van der Waals surface area contributed by atoms with E-state index in [1.807, 2.05) is 48.5 Å². The molecule has 2 aliphatic rings. The first kappa shape index (κ1) is 40.2. The lowest BCUT2D eigenvalue weighted by Gasteiger charge is -2.44. The topological polar surface area (TPSA) is 228 Å². The number of rotatable bonds is 16. The summed E-state index contributed by atoms with van der Waals surface area (Å²) in [5, 5.41) is 14.6. The molecule has 286 valence electrons. The van der Waals surface area contributed by atoms with Crippen molar-refractivity contribution in [2.45, 2.75) is 83.2 Å². The number of carboxylic acid groups (broad SMARTS) is 1. The summed E-state index contributed by atoms with van der Waals surface area (Å²) in [6.45, 7) is 3.55. The lowest BCUT2D eigenvalue weighted by atomic mass is 9.98. The number of amides is 2. The molecule has 17 heteroatoms. The molecule has 0 spiro atoms. The van der Waals surface area contributed by atoms with Crippen LogP contribution in [0, 0.1) is 0 Å². The second kappa shape index (κ2) is 18.8. The van der Waals surface area contributed by atoms with Gasteiger partial charge in [-0.2, -0.15) is 0 Å². The quantitative estimate of drug-likeness (QED) is 0.127. The zero-order chi connectivity index (χ0) is 38.7. The molecule has 3 N–H and O–H groups in total. The fraction of sp³-hybridized carbons (Fsp3) is 0.472. The highest BCUT2D eigenvalue weighted by Gasteiger charge is 2.52. The van der Waals surface area contributed by atoms with Gasteiger partial charge in [0.05, 0.1) is 6.61 Å². The van der Waals surface area contributed by atoms with E-state index in [1.165, 1.54) is 0 Å². The number of aliphatic carboxylic acids is 1. The average molecular weight is 743 g/mol. The minimum absolute atomic E-state index is 0.0216. The SMILES string of the molecule is CC(=O)OC[C@H]1O[C@@H](OCCNC(=O)CC[C@H](NC(=O)OCC2c3ccccc3-c3ccccc32)C(=O)O)[C@H](OC(C)=O)[C@@H](OC(C)=O)[C@@H]1OC(C)=O. The van der Waals surface area contributed by atoms with Crippen LogP contribution >= 0.6 is 0 Å². The Labute approximate surface area is 304 Å². The number of carbonyl (C=O) groups excluding carboxylic acids is 6. The molecule has 0 aromatic heterocycles. The molecule has 17 nitrogen and oxygen atoms in total. The van der Waals surface area contributed by atoms with Gasteiger partial charge in [-0.15, -0.1) is 0 Å². The number of hydrogen-bond donors (Lipinski definition) is 3. The minimum Gasteiger partial charge on any atom is -0.480 e. The fourth-order valence-electron chi connectivity index (χ4n) is 6.09. The van der Waals surface area contributed by atoms with Gasteiger partial charge >= 0.3 is 35.9 Å². The van der Waals surface area contributed by atoms with Gasteiger partial charge < -0.3 is 48.9 Å². The van der Waals surface area contributed by atoms with Crippen molar-refractivity contribution in [2.24, 2.45) is 0 Å². The maximum absolute atomic E-state index is 12.7. The lowest BCUT2D eigenvalue weighted by Crippen LogP contribution is -2.63. The smallest absolute Gasteiger partial charge is 0.407 e. The molecule has 1 aliphatic heterocycles. The van der Waals surface area contributed by atoms with Crippen LogP contribution in [0.5, 0.6) is 0 Å². The summed E-state index contributed by atoms with van der Waals surface area (Å²) >= 11 is 0. The summed E-state index contributed by atoms with van der Waals surface area (Å²) in [6.07, 6.45) is -8.37. The van der Waals surface area contributed by atoms with Gasteiger partial charge in [0.2, 0.25) is 5.91 Å². The van der Waals surface area contributed by atoms with Crippen molar-refractivity contribution in [1.29, 1.82) is 0 Å². The third-order valence-electron chi connectivity index (χ3n) is 8.25. The average Bonchev–Trinajstić information content (AvgIpc) is 3.41. The monoisotopic (exact) mass is 742 g/mol. The highest BCUT2D eigenvalue weighted by molar-refractivity contribution is 5.82. The molecular weight excluding hydrogens is 700 g/mol. The van der Waals surface area contributed by atoms with Crippen LogP contribution in [0.15, 0.2) is 48.5 Å². The largest absolute Gasteiger partial charge is 0.480 e. The van der Waals surface area contributed by atoms with E-state index >= 15 is 0 Å². The molecule has 1 heterocycles. The van der Waals surface area contributed by atoms with Gasteiger partial charge in [-0.25, -0.2) is 9.59 Å². The first-order chi connectivity index (χ1) is 25.2. The zero-order valence-electron chi connectivity index (χ0n) is 29.6. The Morgan fingerprint density at radius 2 is 1.30 bits per heavy atom. The van der Waals surface area contributed by atoms with E-state index in [9.17, 15) is 38.7 Å². The summed E-state index contributed by atoms with van der Waals surface area (Å²) in [5.74, 6) is -5.25. The Bertz CT molecular complexity index is 1630. The van der Waals surface area contributed by atoms with Crippen LogP contribution in [-0.4, -0.2) is 110 Å². The molecule has 53 heavy (non-hydrogen) atoms. The maximum atomic E-state index is 12.7. The van der Waals surface area contributed by atoms with E-state index in [0.29, 0.717) is 0 Å². The van der Waals surface area contributed by atoms with Crippen LogP contribution in [0.3, 0.4) is 0 Å². The van der Waals surface area contributed by atoms with Gasteiger partial charge in [0, 0.05) is 46.6 Å². The van der Waals surface area contributed by atoms with Crippen molar-refractivity contribution in [3.63, 3.8) is 0 Å². The highest BCUT2D eigenvalue weighted by Crippen LogP contribution is 2.44. The van der Waals surface area contributed by atoms with Gasteiger partial charge in [-0.1, -0.05) is 48.5 Å². The molecule has 2 aromatic rings. The lowest BCUT2D eigenvalue weighted by molar-refractivity contribution is -0.307. The van der Waals surface area contributed by atoms with Crippen LogP contribution in [0.25, 0.3) is 11.1 Å². The van der Waals surface area contributed by atoms with Gasteiger partial charge in [0.25, 0.3) is 0 Å². The van der Waals surface area contributed by atoms with Gasteiger partial charge in [0.15, 0.2) is 24.6 Å². The van der Waals surface area contributed by atoms with E-state index in [4.69, 9.17) is 33.2 Å².